The fourth-order valence-corrected chi connectivity index (χ4v) is 6.47. The molecular formula is C32H44N+. The minimum atomic E-state index is 0.589. The summed E-state index contributed by atoms with van der Waals surface area (Å²) in [5.41, 5.74) is 10.0. The first kappa shape index (κ1) is 24.0. The summed E-state index contributed by atoms with van der Waals surface area (Å²) in [6.45, 7) is 16.3. The van der Waals surface area contributed by atoms with E-state index in [4.69, 9.17) is 0 Å². The van der Waals surface area contributed by atoms with E-state index >= 15 is 0 Å². The van der Waals surface area contributed by atoms with Crippen LogP contribution in [0.2, 0.25) is 0 Å². The fraction of sp³-hybridized carbons (Fsp3) is 0.531. The third-order valence-electron chi connectivity index (χ3n) is 8.40. The molecule has 0 N–H and O–H groups in total. The molecule has 0 spiro atoms. The molecule has 1 fully saturated rings. The van der Waals surface area contributed by atoms with Crippen LogP contribution in [0.25, 0.3) is 22.0 Å². The number of aryl methyl sites for hydroxylation is 2. The van der Waals surface area contributed by atoms with E-state index in [-0.39, 0.29) is 0 Å². The molecule has 0 aliphatic heterocycles. The van der Waals surface area contributed by atoms with Crippen LogP contribution < -0.4 is 4.57 Å². The van der Waals surface area contributed by atoms with Gasteiger partial charge in [-0.2, -0.15) is 4.57 Å². The maximum atomic E-state index is 2.53. The molecule has 4 rings (SSSR count). The van der Waals surface area contributed by atoms with Gasteiger partial charge in [0.15, 0.2) is 5.69 Å². The molecule has 1 heteroatoms. The maximum absolute atomic E-state index is 2.53. The zero-order valence-corrected chi connectivity index (χ0v) is 22.3. The van der Waals surface area contributed by atoms with Crippen molar-refractivity contribution < 1.29 is 4.57 Å². The lowest BCUT2D eigenvalue weighted by Gasteiger charge is -2.26. The molecule has 0 saturated heterocycles. The predicted octanol–water partition coefficient (Wildman–Crippen LogP) is 8.70. The highest BCUT2D eigenvalue weighted by Gasteiger charge is 2.25. The van der Waals surface area contributed by atoms with Crippen LogP contribution in [0.1, 0.15) is 99.6 Å². The quantitative estimate of drug-likeness (QED) is 0.348. The number of nitrogens with zero attached hydrogens (tertiary/aromatic N) is 1. The van der Waals surface area contributed by atoms with E-state index in [1.54, 1.807) is 5.56 Å². The van der Waals surface area contributed by atoms with Crippen molar-refractivity contribution in [3.05, 3.63) is 64.3 Å². The van der Waals surface area contributed by atoms with Crippen molar-refractivity contribution in [2.24, 2.45) is 18.9 Å². The predicted molar refractivity (Wildman–Crippen MR) is 143 cm³/mol. The summed E-state index contributed by atoms with van der Waals surface area (Å²) in [6, 6.07) is 14.7. The Labute approximate surface area is 202 Å². The molecule has 2 aromatic carbocycles. The number of rotatable bonds is 5. The molecule has 3 aromatic rings. The van der Waals surface area contributed by atoms with Gasteiger partial charge in [0.25, 0.3) is 0 Å². The van der Waals surface area contributed by atoms with Crippen molar-refractivity contribution >= 4 is 10.8 Å². The standard InChI is InChI=1S/C32H44N/c1-20(2)31(21(3)4)26-14-15-29-28(18-26)17-23(6)33(8)32(29)30-19-27(16-22(5)24(30)7)25-12-10-9-11-13-25/h14-21,25,31H,9-13H2,1-8H3/q+1. The lowest BCUT2D eigenvalue weighted by Crippen LogP contribution is -2.35. The van der Waals surface area contributed by atoms with Gasteiger partial charge < -0.3 is 0 Å². The van der Waals surface area contributed by atoms with Gasteiger partial charge in [0.2, 0.25) is 5.69 Å². The van der Waals surface area contributed by atoms with E-state index < -0.39 is 0 Å². The normalized spacial score (nSPS) is 15.4. The third kappa shape index (κ3) is 4.61. The summed E-state index contributed by atoms with van der Waals surface area (Å²) >= 11 is 0. The number of aromatic nitrogens is 1. The Bertz CT molecular complexity index is 1140. The molecule has 1 aliphatic carbocycles. The molecule has 0 amide bonds. The lowest BCUT2D eigenvalue weighted by atomic mass is 9.79. The van der Waals surface area contributed by atoms with Crippen molar-refractivity contribution in [2.75, 3.05) is 0 Å². The second-order valence-corrected chi connectivity index (χ2v) is 11.4. The van der Waals surface area contributed by atoms with Gasteiger partial charge >= 0.3 is 0 Å². The van der Waals surface area contributed by atoms with Crippen LogP contribution in [0.4, 0.5) is 0 Å². The van der Waals surface area contributed by atoms with Crippen molar-refractivity contribution in [3.63, 3.8) is 0 Å². The number of pyridine rings is 1. The molecular weight excluding hydrogens is 398 g/mol. The maximum Gasteiger partial charge on any atom is 0.220 e. The van der Waals surface area contributed by atoms with Gasteiger partial charge in [-0.1, -0.05) is 65.2 Å². The summed E-state index contributed by atoms with van der Waals surface area (Å²) in [5, 5.41) is 2.76. The molecule has 1 aliphatic rings. The third-order valence-corrected chi connectivity index (χ3v) is 8.40. The number of hydrogen-bond donors (Lipinski definition) is 0. The van der Waals surface area contributed by atoms with E-state index in [1.807, 2.05) is 0 Å². The summed E-state index contributed by atoms with van der Waals surface area (Å²) < 4.78 is 2.41. The van der Waals surface area contributed by atoms with E-state index in [0.29, 0.717) is 17.8 Å². The molecule has 176 valence electrons. The van der Waals surface area contributed by atoms with Crippen LogP contribution in [0.15, 0.2) is 36.4 Å². The summed E-state index contributed by atoms with van der Waals surface area (Å²) in [5.74, 6) is 2.59. The monoisotopic (exact) mass is 442 g/mol. The highest BCUT2D eigenvalue weighted by molar-refractivity contribution is 5.94. The highest BCUT2D eigenvalue weighted by Crippen LogP contribution is 2.39. The molecule has 33 heavy (non-hydrogen) atoms. The molecule has 0 atom stereocenters. The Morgan fingerprint density at radius 3 is 2.12 bits per heavy atom. The largest absolute Gasteiger partial charge is 0.220 e. The molecule has 0 unspecified atom stereocenters. The first-order valence-corrected chi connectivity index (χ1v) is 13.2. The van der Waals surface area contributed by atoms with Gasteiger partial charge in [0.05, 0.1) is 10.9 Å². The van der Waals surface area contributed by atoms with Crippen LogP contribution in [0.5, 0.6) is 0 Å². The average Bonchev–Trinajstić information content (AvgIpc) is 2.77. The topological polar surface area (TPSA) is 3.88 Å². The molecule has 1 aromatic heterocycles. The van der Waals surface area contributed by atoms with Gasteiger partial charge in [-0.3, -0.25) is 0 Å². The Morgan fingerprint density at radius 1 is 0.818 bits per heavy atom. The molecule has 1 nitrogen and oxygen atoms in total. The Morgan fingerprint density at radius 2 is 1.48 bits per heavy atom. The Balaban J connectivity index is 1.92. The lowest BCUT2D eigenvalue weighted by molar-refractivity contribution is -0.665. The zero-order valence-electron chi connectivity index (χ0n) is 22.3. The van der Waals surface area contributed by atoms with Crippen molar-refractivity contribution in [2.45, 2.75) is 92.4 Å². The summed E-state index contributed by atoms with van der Waals surface area (Å²) in [4.78, 5) is 0. The Kier molecular flexibility index (Phi) is 6.99. The van der Waals surface area contributed by atoms with Gasteiger partial charge in [-0.05, 0) is 90.1 Å². The van der Waals surface area contributed by atoms with Crippen molar-refractivity contribution in [1.82, 2.24) is 0 Å². The smallest absolute Gasteiger partial charge is 0.198 e. The van der Waals surface area contributed by atoms with Gasteiger partial charge in [0.1, 0.15) is 7.05 Å². The second kappa shape index (κ2) is 9.61. The van der Waals surface area contributed by atoms with Crippen LogP contribution in [-0.4, -0.2) is 0 Å². The van der Waals surface area contributed by atoms with Crippen LogP contribution in [-0.2, 0) is 7.05 Å². The van der Waals surface area contributed by atoms with E-state index in [1.165, 1.54) is 76.5 Å². The van der Waals surface area contributed by atoms with E-state index in [0.717, 1.165) is 5.92 Å². The van der Waals surface area contributed by atoms with Crippen LogP contribution in [0.3, 0.4) is 0 Å². The zero-order chi connectivity index (χ0) is 23.9. The fourth-order valence-electron chi connectivity index (χ4n) is 6.47. The molecule has 1 saturated carbocycles. The minimum Gasteiger partial charge on any atom is -0.198 e. The molecule has 1 heterocycles. The number of hydrogen-bond acceptors (Lipinski definition) is 0. The second-order valence-electron chi connectivity index (χ2n) is 11.4. The molecule has 0 bridgehead atoms. The number of benzene rings is 2. The van der Waals surface area contributed by atoms with Crippen LogP contribution >= 0.6 is 0 Å². The van der Waals surface area contributed by atoms with Gasteiger partial charge in [-0.15, -0.1) is 0 Å². The summed E-state index contributed by atoms with van der Waals surface area (Å²) in [6.07, 6.45) is 6.85. The van der Waals surface area contributed by atoms with Gasteiger partial charge in [0, 0.05) is 13.0 Å². The summed E-state index contributed by atoms with van der Waals surface area (Å²) in [7, 11) is 2.24. The first-order chi connectivity index (χ1) is 15.7. The van der Waals surface area contributed by atoms with Crippen molar-refractivity contribution in [1.29, 1.82) is 0 Å². The molecule has 0 radical (unpaired) electrons. The average molecular weight is 443 g/mol. The SMILES string of the molecule is Cc1cc(C2CCCCC2)cc(-c2c3ccc(C(C(C)C)C(C)C)cc3cc(C)[n+]2C)c1C. The van der Waals surface area contributed by atoms with E-state index in [2.05, 4.69) is 96.5 Å². The Hall–Kier alpha value is -2.15. The first-order valence-electron chi connectivity index (χ1n) is 13.2. The van der Waals surface area contributed by atoms with Gasteiger partial charge in [-0.25, -0.2) is 0 Å². The van der Waals surface area contributed by atoms with E-state index in [9.17, 15) is 0 Å². The number of fused-ring (bicyclic) bond motifs is 1. The van der Waals surface area contributed by atoms with Crippen molar-refractivity contribution in [3.8, 4) is 11.3 Å². The minimum absolute atomic E-state index is 0.589. The van der Waals surface area contributed by atoms with Crippen LogP contribution in [0, 0.1) is 32.6 Å². The highest BCUT2D eigenvalue weighted by atomic mass is 14.9.